The molecule has 2 amide bonds. The molecule has 0 aromatic carbocycles. The third kappa shape index (κ3) is 5.83. The van der Waals surface area contributed by atoms with Crippen molar-refractivity contribution in [1.82, 2.24) is 15.5 Å². The average Bonchev–Trinajstić information content (AvgIpc) is 2.59. The van der Waals surface area contributed by atoms with Crippen LogP contribution in [0.3, 0.4) is 0 Å². The molecule has 0 aliphatic carbocycles. The molecule has 2 N–H and O–H groups in total. The number of carbonyl (C=O) groups excluding carboxylic acids is 2. The Labute approximate surface area is 164 Å². The van der Waals surface area contributed by atoms with Gasteiger partial charge in [-0.05, 0) is 44.7 Å². The summed E-state index contributed by atoms with van der Waals surface area (Å²) in [6.07, 6.45) is 3.74. The zero-order valence-electron chi connectivity index (χ0n) is 16.7. The van der Waals surface area contributed by atoms with Crippen LogP contribution in [0.25, 0.3) is 0 Å². The number of rotatable bonds is 5. The van der Waals surface area contributed by atoms with Crippen molar-refractivity contribution < 1.29 is 14.3 Å². The first-order valence-corrected chi connectivity index (χ1v) is 9.56. The highest BCUT2D eigenvalue weighted by Gasteiger charge is 2.43. The minimum Gasteiger partial charge on any atom is -0.384 e. The van der Waals surface area contributed by atoms with Crippen molar-refractivity contribution in [2.75, 3.05) is 46.4 Å². The third-order valence-corrected chi connectivity index (χ3v) is 5.47. The lowest BCUT2D eigenvalue weighted by atomic mass is 9.77. The number of ether oxygens (including phenoxy) is 1. The van der Waals surface area contributed by atoms with Crippen molar-refractivity contribution in [3.8, 4) is 0 Å². The summed E-state index contributed by atoms with van der Waals surface area (Å²) in [7, 11) is 1.68. The molecule has 0 saturated carbocycles. The molecule has 0 spiro atoms. The molecule has 2 saturated heterocycles. The van der Waals surface area contributed by atoms with Gasteiger partial charge in [-0.25, -0.2) is 0 Å². The van der Waals surface area contributed by atoms with Gasteiger partial charge in [0, 0.05) is 32.2 Å². The number of piperidine rings is 2. The van der Waals surface area contributed by atoms with E-state index in [1.807, 2.05) is 25.7 Å². The number of methoxy groups -OCH3 is 1. The van der Waals surface area contributed by atoms with E-state index in [4.69, 9.17) is 4.74 Å². The Morgan fingerprint density at radius 2 is 1.92 bits per heavy atom. The van der Waals surface area contributed by atoms with Crippen molar-refractivity contribution in [2.24, 2.45) is 16.7 Å². The molecule has 26 heavy (non-hydrogen) atoms. The van der Waals surface area contributed by atoms with E-state index in [-0.39, 0.29) is 35.1 Å². The zero-order valence-corrected chi connectivity index (χ0v) is 17.5. The van der Waals surface area contributed by atoms with Crippen molar-refractivity contribution in [2.45, 2.75) is 46.5 Å². The fourth-order valence-corrected chi connectivity index (χ4v) is 3.86. The van der Waals surface area contributed by atoms with Crippen LogP contribution in [0.2, 0.25) is 0 Å². The van der Waals surface area contributed by atoms with E-state index >= 15 is 0 Å². The van der Waals surface area contributed by atoms with Crippen LogP contribution >= 0.6 is 12.4 Å². The second kappa shape index (κ2) is 9.90. The van der Waals surface area contributed by atoms with Crippen molar-refractivity contribution >= 4 is 24.2 Å². The third-order valence-electron chi connectivity index (χ3n) is 5.47. The molecule has 7 heteroatoms. The molecule has 2 aliphatic heterocycles. The molecule has 152 valence electrons. The molecular formula is C19H36ClN3O3. The lowest BCUT2D eigenvalue weighted by Gasteiger charge is -2.42. The standard InChI is InChI=1S/C19H35N3O3.ClH/c1-18(2,3)16(23)21-12-15-6-5-11-22(13-15)17(24)19(14-25-4)7-9-20-10-8-19;/h15,20H,5-14H2,1-4H3,(H,21,23);1H. The summed E-state index contributed by atoms with van der Waals surface area (Å²) in [5, 5.41) is 6.39. The van der Waals surface area contributed by atoms with E-state index in [2.05, 4.69) is 10.6 Å². The molecular weight excluding hydrogens is 354 g/mol. The number of nitrogens with zero attached hydrogens (tertiary/aromatic N) is 1. The minimum atomic E-state index is -0.378. The summed E-state index contributed by atoms with van der Waals surface area (Å²) >= 11 is 0. The molecule has 0 aromatic heterocycles. The summed E-state index contributed by atoms with van der Waals surface area (Å²) in [5.74, 6) is 0.651. The van der Waals surface area contributed by atoms with Gasteiger partial charge in [0.05, 0.1) is 12.0 Å². The first kappa shape index (κ1) is 23.2. The SMILES string of the molecule is COCC1(C(=O)N2CCCC(CNC(=O)C(C)(C)C)C2)CCNCC1.Cl. The number of hydrogen-bond donors (Lipinski definition) is 2. The minimum absolute atomic E-state index is 0. The van der Waals surface area contributed by atoms with E-state index in [1.54, 1.807) is 7.11 Å². The molecule has 0 radical (unpaired) electrons. The molecule has 0 bridgehead atoms. The molecule has 1 atom stereocenters. The summed E-state index contributed by atoms with van der Waals surface area (Å²) in [6.45, 7) is 10.2. The molecule has 2 fully saturated rings. The Bertz CT molecular complexity index is 468. The van der Waals surface area contributed by atoms with Crippen LogP contribution in [0.15, 0.2) is 0 Å². The summed E-state index contributed by atoms with van der Waals surface area (Å²) in [6, 6.07) is 0. The second-order valence-electron chi connectivity index (χ2n) is 8.68. The normalized spacial score (nSPS) is 23.1. The van der Waals surface area contributed by atoms with Crippen LogP contribution in [0.1, 0.15) is 46.5 Å². The van der Waals surface area contributed by atoms with Crippen molar-refractivity contribution in [3.63, 3.8) is 0 Å². The van der Waals surface area contributed by atoms with Gasteiger partial charge < -0.3 is 20.3 Å². The van der Waals surface area contributed by atoms with Crippen LogP contribution in [-0.4, -0.2) is 63.2 Å². The van der Waals surface area contributed by atoms with E-state index in [0.717, 1.165) is 51.9 Å². The Hall–Kier alpha value is -0.850. The van der Waals surface area contributed by atoms with Gasteiger partial charge in [0.1, 0.15) is 0 Å². The highest BCUT2D eigenvalue weighted by atomic mass is 35.5. The quantitative estimate of drug-likeness (QED) is 0.752. The maximum absolute atomic E-state index is 13.2. The summed E-state index contributed by atoms with van der Waals surface area (Å²) < 4.78 is 5.41. The van der Waals surface area contributed by atoms with Crippen LogP contribution < -0.4 is 10.6 Å². The molecule has 2 rings (SSSR count). The van der Waals surface area contributed by atoms with Crippen molar-refractivity contribution in [1.29, 1.82) is 0 Å². The monoisotopic (exact) mass is 389 g/mol. The summed E-state index contributed by atoms with van der Waals surface area (Å²) in [5.41, 5.74) is -0.752. The van der Waals surface area contributed by atoms with Gasteiger partial charge in [-0.15, -0.1) is 12.4 Å². The molecule has 0 aromatic rings. The largest absolute Gasteiger partial charge is 0.384 e. The number of halogens is 1. The zero-order chi connectivity index (χ0) is 18.5. The van der Waals surface area contributed by atoms with Gasteiger partial charge in [0.15, 0.2) is 0 Å². The van der Waals surface area contributed by atoms with Crippen LogP contribution in [0, 0.1) is 16.7 Å². The second-order valence-corrected chi connectivity index (χ2v) is 8.68. The smallest absolute Gasteiger partial charge is 0.231 e. The highest BCUT2D eigenvalue weighted by Crippen LogP contribution is 2.33. The van der Waals surface area contributed by atoms with Gasteiger partial charge in [-0.1, -0.05) is 20.8 Å². The molecule has 1 unspecified atom stereocenters. The highest BCUT2D eigenvalue weighted by molar-refractivity contribution is 5.85. The molecule has 2 aliphatic rings. The van der Waals surface area contributed by atoms with E-state index < -0.39 is 0 Å². The lowest BCUT2D eigenvalue weighted by Crippen LogP contribution is -2.54. The van der Waals surface area contributed by atoms with E-state index in [1.165, 1.54) is 0 Å². The number of hydrogen-bond acceptors (Lipinski definition) is 4. The summed E-state index contributed by atoms with van der Waals surface area (Å²) in [4.78, 5) is 27.3. The van der Waals surface area contributed by atoms with E-state index in [0.29, 0.717) is 19.1 Å². The predicted octanol–water partition coefficient (Wildman–Crippen LogP) is 1.83. The Balaban J connectivity index is 0.00000338. The fraction of sp³-hybridized carbons (Fsp3) is 0.895. The maximum atomic E-state index is 13.2. The number of likely N-dealkylation sites (tertiary alicyclic amines) is 1. The predicted molar refractivity (Wildman–Crippen MR) is 105 cm³/mol. The van der Waals surface area contributed by atoms with Gasteiger partial charge in [0.25, 0.3) is 0 Å². The molecule has 6 nitrogen and oxygen atoms in total. The van der Waals surface area contributed by atoms with Crippen LogP contribution in [0.4, 0.5) is 0 Å². The first-order chi connectivity index (χ1) is 11.8. The Kier molecular flexibility index (Phi) is 8.83. The number of carbonyl (C=O) groups is 2. The lowest BCUT2D eigenvalue weighted by molar-refractivity contribution is -0.149. The van der Waals surface area contributed by atoms with E-state index in [9.17, 15) is 9.59 Å². The van der Waals surface area contributed by atoms with Crippen molar-refractivity contribution in [3.05, 3.63) is 0 Å². The molecule has 2 heterocycles. The van der Waals surface area contributed by atoms with Crippen LogP contribution in [-0.2, 0) is 14.3 Å². The van der Waals surface area contributed by atoms with Gasteiger partial charge in [-0.2, -0.15) is 0 Å². The maximum Gasteiger partial charge on any atom is 0.231 e. The van der Waals surface area contributed by atoms with Gasteiger partial charge in [-0.3, -0.25) is 9.59 Å². The van der Waals surface area contributed by atoms with Gasteiger partial charge in [0.2, 0.25) is 11.8 Å². The van der Waals surface area contributed by atoms with Gasteiger partial charge >= 0.3 is 0 Å². The topological polar surface area (TPSA) is 70.7 Å². The fourth-order valence-electron chi connectivity index (χ4n) is 3.86. The Morgan fingerprint density at radius 3 is 2.50 bits per heavy atom. The number of nitrogens with one attached hydrogen (secondary N) is 2. The first-order valence-electron chi connectivity index (χ1n) is 9.56. The Morgan fingerprint density at radius 1 is 1.27 bits per heavy atom. The number of amides is 2. The average molecular weight is 390 g/mol. The van der Waals surface area contributed by atoms with Crippen LogP contribution in [0.5, 0.6) is 0 Å².